The number of carboxylic acids is 1. The van der Waals surface area contributed by atoms with Crippen molar-refractivity contribution in [1.82, 2.24) is 25.4 Å². The van der Waals surface area contributed by atoms with E-state index in [4.69, 9.17) is 16.2 Å². The second-order valence-corrected chi connectivity index (χ2v) is 14.9. The Morgan fingerprint density at radius 1 is 1.13 bits per heavy atom. The molecule has 2 aromatic rings. The Kier molecular flexibility index (Phi) is 15.6. The lowest BCUT2D eigenvalue weighted by Crippen LogP contribution is -2.57. The zero-order valence-electron chi connectivity index (χ0n) is 31.1. The number of nitrogens with one attached hydrogen (secondary N) is 2. The SMILES string of the molecule is C=C(C)[C@@H](C[C@@H](OC(N)=O)c1nc(C(=O)N[C@@H](Cc2ccc(N)cc2)C[C@H](C)C(=O)O)cs1)N(C)C(=O)[C@@H](NC(=O)[C@H]1CCCCN1C)[C@@H](C)CC. The summed E-state index contributed by atoms with van der Waals surface area (Å²) in [6.45, 7) is 12.1. The molecule has 1 saturated heterocycles. The van der Waals surface area contributed by atoms with E-state index in [0.717, 1.165) is 42.7 Å². The first-order valence-electron chi connectivity index (χ1n) is 17.7. The van der Waals surface area contributed by atoms with Crippen molar-refractivity contribution in [2.24, 2.45) is 17.6 Å². The summed E-state index contributed by atoms with van der Waals surface area (Å²) in [5.41, 5.74) is 13.4. The summed E-state index contributed by atoms with van der Waals surface area (Å²) in [4.78, 5) is 72.7. The molecule has 1 aliphatic rings. The maximum Gasteiger partial charge on any atom is 0.405 e. The second-order valence-electron chi connectivity index (χ2n) is 14.0. The van der Waals surface area contributed by atoms with Crippen LogP contribution in [0.2, 0.25) is 0 Å². The Morgan fingerprint density at radius 2 is 1.81 bits per heavy atom. The van der Waals surface area contributed by atoms with Gasteiger partial charge in [-0.2, -0.15) is 0 Å². The molecule has 4 amide bonds. The van der Waals surface area contributed by atoms with Crippen molar-refractivity contribution in [3.8, 4) is 0 Å². The monoisotopic (exact) mass is 741 g/mol. The fourth-order valence-electron chi connectivity index (χ4n) is 6.40. The van der Waals surface area contributed by atoms with Crippen LogP contribution in [0.25, 0.3) is 0 Å². The predicted molar refractivity (Wildman–Crippen MR) is 200 cm³/mol. The molecule has 7 atom stereocenters. The summed E-state index contributed by atoms with van der Waals surface area (Å²) in [5.74, 6) is -2.90. The number of likely N-dealkylation sites (N-methyl/N-ethyl adjacent to an activating group) is 2. The number of likely N-dealkylation sites (tertiary alicyclic amines) is 1. The highest BCUT2D eigenvalue weighted by atomic mass is 32.1. The van der Waals surface area contributed by atoms with E-state index >= 15 is 0 Å². The number of rotatable bonds is 18. The average Bonchev–Trinajstić information content (AvgIpc) is 3.59. The largest absolute Gasteiger partial charge is 0.481 e. The van der Waals surface area contributed by atoms with Gasteiger partial charge in [0.1, 0.15) is 16.7 Å². The third kappa shape index (κ3) is 11.8. The highest BCUT2D eigenvalue weighted by Gasteiger charge is 2.37. The fourth-order valence-corrected chi connectivity index (χ4v) is 7.24. The Labute approximate surface area is 310 Å². The van der Waals surface area contributed by atoms with E-state index < -0.39 is 48.1 Å². The van der Waals surface area contributed by atoms with E-state index in [9.17, 15) is 29.1 Å². The lowest BCUT2D eigenvalue weighted by Gasteiger charge is -2.37. The molecule has 1 fully saturated rings. The van der Waals surface area contributed by atoms with E-state index in [-0.39, 0.29) is 47.3 Å². The minimum absolute atomic E-state index is 0.0392. The third-order valence-electron chi connectivity index (χ3n) is 9.82. The molecule has 0 radical (unpaired) electrons. The van der Waals surface area contributed by atoms with Crippen LogP contribution in [0.3, 0.4) is 0 Å². The normalized spacial score (nSPS) is 18.2. The van der Waals surface area contributed by atoms with Gasteiger partial charge in [0.25, 0.3) is 5.91 Å². The van der Waals surface area contributed by atoms with Gasteiger partial charge in [-0.25, -0.2) is 9.78 Å². The van der Waals surface area contributed by atoms with Crippen LogP contribution in [-0.2, 0) is 25.5 Å². The lowest BCUT2D eigenvalue weighted by molar-refractivity contribution is -0.141. The van der Waals surface area contributed by atoms with E-state index in [1.165, 1.54) is 10.3 Å². The minimum atomic E-state index is -1.06. The number of aromatic nitrogens is 1. The number of benzene rings is 1. The van der Waals surface area contributed by atoms with Crippen molar-refractivity contribution >= 4 is 46.8 Å². The molecule has 7 N–H and O–H groups in total. The molecule has 1 aromatic heterocycles. The molecule has 1 aliphatic heterocycles. The van der Waals surface area contributed by atoms with Crippen molar-refractivity contribution in [3.63, 3.8) is 0 Å². The van der Waals surface area contributed by atoms with Crippen molar-refractivity contribution in [2.75, 3.05) is 26.4 Å². The van der Waals surface area contributed by atoms with Gasteiger partial charge in [-0.3, -0.25) is 24.1 Å². The van der Waals surface area contributed by atoms with Crippen LogP contribution in [0.1, 0.15) is 93.4 Å². The number of nitrogen functional groups attached to an aromatic ring is 1. The van der Waals surface area contributed by atoms with Crippen LogP contribution in [0.15, 0.2) is 41.8 Å². The number of ether oxygens (including phenoxy) is 1. The number of hydrogen-bond acceptors (Lipinski definition) is 10. The Balaban J connectivity index is 1.82. The number of amides is 4. The first-order valence-corrected chi connectivity index (χ1v) is 18.6. The number of carbonyl (C=O) groups excluding carboxylic acids is 4. The zero-order chi connectivity index (χ0) is 38.7. The van der Waals surface area contributed by atoms with E-state index in [1.54, 1.807) is 33.0 Å². The van der Waals surface area contributed by atoms with E-state index in [0.29, 0.717) is 24.1 Å². The van der Waals surface area contributed by atoms with Crippen LogP contribution >= 0.6 is 11.3 Å². The molecular weight excluding hydrogens is 687 g/mol. The maximum absolute atomic E-state index is 14.1. The minimum Gasteiger partial charge on any atom is -0.481 e. The number of aliphatic carboxylic acids is 1. The molecule has 15 heteroatoms. The number of hydrogen-bond donors (Lipinski definition) is 5. The van der Waals surface area contributed by atoms with Gasteiger partial charge in [0.2, 0.25) is 11.8 Å². The lowest BCUT2D eigenvalue weighted by atomic mass is 9.94. The number of nitrogens with two attached hydrogens (primary N) is 2. The molecule has 14 nitrogen and oxygen atoms in total. The Morgan fingerprint density at radius 3 is 2.38 bits per heavy atom. The highest BCUT2D eigenvalue weighted by molar-refractivity contribution is 7.09. The molecule has 1 aromatic carbocycles. The molecule has 0 saturated carbocycles. The summed E-state index contributed by atoms with van der Waals surface area (Å²) in [6, 6.07) is 4.82. The topological polar surface area (TPSA) is 210 Å². The van der Waals surface area contributed by atoms with E-state index in [1.807, 2.05) is 37.9 Å². The van der Waals surface area contributed by atoms with Gasteiger partial charge < -0.3 is 36.8 Å². The molecule has 0 aliphatic carbocycles. The summed E-state index contributed by atoms with van der Waals surface area (Å²) in [5, 5.41) is 17.3. The average molecular weight is 742 g/mol. The number of anilines is 1. The number of primary amides is 1. The predicted octanol–water partition coefficient (Wildman–Crippen LogP) is 4.12. The highest BCUT2D eigenvalue weighted by Crippen LogP contribution is 2.31. The summed E-state index contributed by atoms with van der Waals surface area (Å²) in [7, 11) is 3.54. The third-order valence-corrected chi connectivity index (χ3v) is 10.8. The van der Waals surface area contributed by atoms with Gasteiger partial charge >= 0.3 is 12.1 Å². The first-order chi connectivity index (χ1) is 24.5. The van der Waals surface area contributed by atoms with Gasteiger partial charge in [0.05, 0.1) is 18.0 Å². The Bertz CT molecular complexity index is 1570. The van der Waals surface area contributed by atoms with Crippen molar-refractivity contribution < 1.29 is 33.8 Å². The van der Waals surface area contributed by atoms with Crippen molar-refractivity contribution in [2.45, 2.75) is 103 Å². The fraction of sp³-hybridized carbons (Fsp3) is 0.568. The van der Waals surface area contributed by atoms with Gasteiger partial charge in [-0.05, 0) is 69.8 Å². The summed E-state index contributed by atoms with van der Waals surface area (Å²) >= 11 is 1.08. The number of thiazole rings is 1. The second kappa shape index (κ2) is 19.4. The van der Waals surface area contributed by atoms with Crippen LogP contribution in [0, 0.1) is 11.8 Å². The summed E-state index contributed by atoms with van der Waals surface area (Å²) in [6.07, 6.45) is 1.81. The molecule has 0 unspecified atom stereocenters. The van der Waals surface area contributed by atoms with Crippen LogP contribution in [-0.4, -0.2) is 94.5 Å². The number of carboxylic acid groups (broad SMARTS) is 1. The van der Waals surface area contributed by atoms with Gasteiger partial charge in [0, 0.05) is 30.6 Å². The first kappa shape index (κ1) is 41.9. The molecule has 286 valence electrons. The Hall–Kier alpha value is -4.50. The van der Waals surface area contributed by atoms with Gasteiger partial charge in [0.15, 0.2) is 6.10 Å². The smallest absolute Gasteiger partial charge is 0.405 e. The van der Waals surface area contributed by atoms with Gasteiger partial charge in [-0.15, -0.1) is 11.3 Å². The van der Waals surface area contributed by atoms with E-state index in [2.05, 4.69) is 22.2 Å². The van der Waals surface area contributed by atoms with Crippen LogP contribution < -0.4 is 22.1 Å². The number of carbonyl (C=O) groups is 5. The molecule has 52 heavy (non-hydrogen) atoms. The quantitative estimate of drug-likeness (QED) is 0.109. The van der Waals surface area contributed by atoms with Gasteiger partial charge in [-0.1, -0.05) is 57.9 Å². The zero-order valence-corrected chi connectivity index (χ0v) is 31.9. The standard InChI is InChI=1S/C37H55N7O7S/c1-8-22(4)31(42-33(46)28-11-9-10-16-43(28)6)35(47)44(7)29(21(2)3)19-30(51-37(39)50)34-41-27(20-52-34)32(45)40-26(17-23(5)36(48)49)18-24-12-14-25(38)15-13-24/h12-15,20,22-23,26,28-31H,2,8-11,16-19,38H2,1,3-7H3,(H2,39,50)(H,40,45)(H,42,46)(H,48,49)/t22-,23-,26+,28+,29+,30+,31-/m0/s1. The molecule has 2 heterocycles. The molecule has 3 rings (SSSR count). The molecule has 0 bridgehead atoms. The number of nitrogens with zero attached hydrogens (tertiary/aromatic N) is 3. The van der Waals surface area contributed by atoms with Crippen molar-refractivity contribution in [1.29, 1.82) is 0 Å². The maximum atomic E-state index is 14.1. The van der Waals surface area contributed by atoms with Crippen molar-refractivity contribution in [3.05, 3.63) is 58.1 Å². The van der Waals surface area contributed by atoms with Crippen LogP contribution in [0.5, 0.6) is 0 Å². The molecular formula is C37H55N7O7S. The van der Waals surface area contributed by atoms with Crippen LogP contribution in [0.4, 0.5) is 10.5 Å². The number of piperidine rings is 1. The summed E-state index contributed by atoms with van der Waals surface area (Å²) < 4.78 is 5.50. The molecule has 0 spiro atoms.